The SMILES string of the molecule is FC(F)(F)c1ccc(-c2ncnc3ccsc23)cc1. The first-order chi connectivity index (χ1) is 9.05. The van der Waals surface area contributed by atoms with Crippen LogP contribution in [-0.4, -0.2) is 9.97 Å². The maximum absolute atomic E-state index is 12.5. The third-order valence-corrected chi connectivity index (χ3v) is 3.64. The summed E-state index contributed by atoms with van der Waals surface area (Å²) in [5.41, 5.74) is 1.46. The van der Waals surface area contributed by atoms with Crippen molar-refractivity contribution in [2.75, 3.05) is 0 Å². The molecule has 0 aliphatic heterocycles. The molecule has 0 saturated heterocycles. The van der Waals surface area contributed by atoms with E-state index in [2.05, 4.69) is 9.97 Å². The molecule has 2 heterocycles. The van der Waals surface area contributed by atoms with Crippen molar-refractivity contribution in [3.8, 4) is 11.3 Å². The highest BCUT2D eigenvalue weighted by Crippen LogP contribution is 2.33. The summed E-state index contributed by atoms with van der Waals surface area (Å²) in [6.07, 6.45) is -2.90. The molecule has 0 aliphatic rings. The summed E-state index contributed by atoms with van der Waals surface area (Å²) < 4.78 is 38.4. The van der Waals surface area contributed by atoms with Crippen molar-refractivity contribution >= 4 is 21.6 Å². The van der Waals surface area contributed by atoms with Crippen molar-refractivity contribution in [2.45, 2.75) is 6.18 Å². The summed E-state index contributed by atoms with van der Waals surface area (Å²) in [6.45, 7) is 0. The van der Waals surface area contributed by atoms with Crippen LogP contribution in [0.3, 0.4) is 0 Å². The predicted molar refractivity (Wildman–Crippen MR) is 67.9 cm³/mol. The summed E-state index contributed by atoms with van der Waals surface area (Å²) in [6, 6.07) is 6.86. The third-order valence-electron chi connectivity index (χ3n) is 2.73. The Bertz CT molecular complexity index is 717. The van der Waals surface area contributed by atoms with Crippen LogP contribution in [0.1, 0.15) is 5.56 Å². The first kappa shape index (κ1) is 12.1. The van der Waals surface area contributed by atoms with Gasteiger partial charge in [0, 0.05) is 5.56 Å². The molecule has 19 heavy (non-hydrogen) atoms. The zero-order valence-electron chi connectivity index (χ0n) is 9.48. The van der Waals surface area contributed by atoms with Crippen LogP contribution in [-0.2, 0) is 6.18 Å². The maximum atomic E-state index is 12.5. The van der Waals surface area contributed by atoms with Gasteiger partial charge in [-0.05, 0) is 23.6 Å². The van der Waals surface area contributed by atoms with E-state index in [1.165, 1.54) is 29.8 Å². The van der Waals surface area contributed by atoms with Gasteiger partial charge in [0.05, 0.1) is 21.5 Å². The molecule has 96 valence electrons. The van der Waals surface area contributed by atoms with E-state index in [1.54, 1.807) is 0 Å². The van der Waals surface area contributed by atoms with Crippen molar-refractivity contribution in [1.82, 2.24) is 9.97 Å². The number of fused-ring (bicyclic) bond motifs is 1. The monoisotopic (exact) mass is 280 g/mol. The molecule has 0 saturated carbocycles. The zero-order chi connectivity index (χ0) is 13.5. The third kappa shape index (κ3) is 2.19. The molecule has 0 amide bonds. The summed E-state index contributed by atoms with van der Waals surface area (Å²) in [5.74, 6) is 0. The van der Waals surface area contributed by atoms with Crippen LogP contribution in [0.5, 0.6) is 0 Å². The first-order valence-electron chi connectivity index (χ1n) is 5.41. The average Bonchev–Trinajstić information content (AvgIpc) is 2.86. The van der Waals surface area contributed by atoms with Crippen LogP contribution in [0.25, 0.3) is 21.5 Å². The fourth-order valence-corrected chi connectivity index (χ4v) is 2.67. The van der Waals surface area contributed by atoms with Crippen LogP contribution in [0.15, 0.2) is 42.0 Å². The fraction of sp³-hybridized carbons (Fsp3) is 0.0769. The number of rotatable bonds is 1. The molecule has 0 spiro atoms. The predicted octanol–water partition coefficient (Wildman–Crippen LogP) is 4.38. The van der Waals surface area contributed by atoms with E-state index in [9.17, 15) is 13.2 Å². The Labute approximate surface area is 110 Å². The molecule has 0 N–H and O–H groups in total. The molecule has 0 fully saturated rings. The lowest BCUT2D eigenvalue weighted by Crippen LogP contribution is -2.04. The molecule has 0 aliphatic carbocycles. The van der Waals surface area contributed by atoms with Gasteiger partial charge in [0.25, 0.3) is 0 Å². The van der Waals surface area contributed by atoms with Gasteiger partial charge in [0.2, 0.25) is 0 Å². The van der Waals surface area contributed by atoms with Gasteiger partial charge < -0.3 is 0 Å². The minimum absolute atomic E-state index is 0.655. The van der Waals surface area contributed by atoms with Crippen LogP contribution in [0.2, 0.25) is 0 Å². The Morgan fingerprint density at radius 2 is 1.68 bits per heavy atom. The van der Waals surface area contributed by atoms with E-state index >= 15 is 0 Å². The lowest BCUT2D eigenvalue weighted by molar-refractivity contribution is -0.137. The lowest BCUT2D eigenvalue weighted by atomic mass is 10.1. The van der Waals surface area contributed by atoms with Gasteiger partial charge in [-0.2, -0.15) is 13.2 Å². The number of alkyl halides is 3. The number of halogens is 3. The van der Waals surface area contributed by atoms with Crippen molar-refractivity contribution in [3.05, 3.63) is 47.6 Å². The zero-order valence-corrected chi connectivity index (χ0v) is 10.3. The highest BCUT2D eigenvalue weighted by atomic mass is 32.1. The minimum Gasteiger partial charge on any atom is -0.235 e. The van der Waals surface area contributed by atoms with Gasteiger partial charge in [-0.1, -0.05) is 12.1 Å². The average molecular weight is 280 g/mol. The van der Waals surface area contributed by atoms with E-state index in [4.69, 9.17) is 0 Å². The molecule has 0 unspecified atom stereocenters. The van der Waals surface area contributed by atoms with Crippen molar-refractivity contribution in [2.24, 2.45) is 0 Å². The molecule has 6 heteroatoms. The van der Waals surface area contributed by atoms with Gasteiger partial charge in [0.15, 0.2) is 0 Å². The second-order valence-corrected chi connectivity index (χ2v) is 4.85. The van der Waals surface area contributed by atoms with E-state index in [-0.39, 0.29) is 0 Å². The van der Waals surface area contributed by atoms with Crippen molar-refractivity contribution in [1.29, 1.82) is 0 Å². The Hall–Kier alpha value is -1.95. The fourth-order valence-electron chi connectivity index (χ4n) is 1.81. The number of nitrogens with zero attached hydrogens (tertiary/aromatic N) is 2. The van der Waals surface area contributed by atoms with Crippen LogP contribution in [0, 0.1) is 0 Å². The van der Waals surface area contributed by atoms with E-state index in [1.807, 2.05) is 11.4 Å². The molecule has 2 aromatic heterocycles. The minimum atomic E-state index is -4.32. The van der Waals surface area contributed by atoms with Gasteiger partial charge in [-0.15, -0.1) is 11.3 Å². The summed E-state index contributed by atoms with van der Waals surface area (Å²) in [5, 5.41) is 1.88. The number of aromatic nitrogens is 2. The number of thiophene rings is 1. The first-order valence-corrected chi connectivity index (χ1v) is 6.29. The van der Waals surface area contributed by atoms with Crippen molar-refractivity contribution in [3.63, 3.8) is 0 Å². The van der Waals surface area contributed by atoms with Gasteiger partial charge in [-0.25, -0.2) is 9.97 Å². The lowest BCUT2D eigenvalue weighted by Gasteiger charge is -2.07. The molecular weight excluding hydrogens is 273 g/mol. The highest BCUT2D eigenvalue weighted by Gasteiger charge is 2.30. The standard InChI is InChI=1S/C13H7F3N2S/c14-13(15,16)9-3-1-8(2-4-9)11-12-10(5-6-19-12)17-7-18-11/h1-7H. The Morgan fingerprint density at radius 1 is 0.947 bits per heavy atom. The molecular formula is C13H7F3N2S. The molecule has 3 aromatic rings. The Kier molecular flexibility index (Phi) is 2.74. The summed E-state index contributed by atoms with van der Waals surface area (Å²) in [7, 11) is 0. The van der Waals surface area contributed by atoms with E-state index in [0.717, 1.165) is 22.3 Å². The molecule has 1 aromatic carbocycles. The normalized spacial score (nSPS) is 11.9. The van der Waals surface area contributed by atoms with Crippen LogP contribution < -0.4 is 0 Å². The quantitative estimate of drug-likeness (QED) is 0.661. The smallest absolute Gasteiger partial charge is 0.235 e. The molecule has 0 radical (unpaired) electrons. The molecule has 0 atom stereocenters. The topological polar surface area (TPSA) is 25.8 Å². The van der Waals surface area contributed by atoms with E-state index < -0.39 is 11.7 Å². The van der Waals surface area contributed by atoms with Gasteiger partial charge in [0.1, 0.15) is 6.33 Å². The number of benzene rings is 1. The van der Waals surface area contributed by atoms with Crippen LogP contribution >= 0.6 is 11.3 Å². The Balaban J connectivity index is 2.10. The molecule has 2 nitrogen and oxygen atoms in total. The maximum Gasteiger partial charge on any atom is 0.416 e. The Morgan fingerprint density at radius 3 is 2.37 bits per heavy atom. The van der Waals surface area contributed by atoms with E-state index in [0.29, 0.717) is 11.3 Å². The van der Waals surface area contributed by atoms with Crippen LogP contribution in [0.4, 0.5) is 13.2 Å². The second kappa shape index (κ2) is 4.31. The number of hydrogen-bond donors (Lipinski definition) is 0. The van der Waals surface area contributed by atoms with Crippen molar-refractivity contribution < 1.29 is 13.2 Å². The summed E-state index contributed by atoms with van der Waals surface area (Å²) in [4.78, 5) is 8.26. The summed E-state index contributed by atoms with van der Waals surface area (Å²) >= 11 is 1.47. The van der Waals surface area contributed by atoms with Gasteiger partial charge in [-0.3, -0.25) is 0 Å². The molecule has 0 bridgehead atoms. The van der Waals surface area contributed by atoms with Gasteiger partial charge >= 0.3 is 6.18 Å². The largest absolute Gasteiger partial charge is 0.416 e. The highest BCUT2D eigenvalue weighted by molar-refractivity contribution is 7.17. The second-order valence-electron chi connectivity index (χ2n) is 3.93. The molecule has 3 rings (SSSR count). The number of hydrogen-bond acceptors (Lipinski definition) is 3.